The topological polar surface area (TPSA) is 26.3 Å². The lowest BCUT2D eigenvalue weighted by molar-refractivity contribution is -0.159. The normalized spacial score (nSPS) is 11.2. The summed E-state index contributed by atoms with van der Waals surface area (Å²) in [5.74, 6) is -1.40. The Labute approximate surface area is 97.0 Å². The van der Waals surface area contributed by atoms with Crippen LogP contribution >= 0.6 is 11.8 Å². The highest BCUT2D eigenvalue weighted by molar-refractivity contribution is 8.00. The van der Waals surface area contributed by atoms with Gasteiger partial charge in [0.15, 0.2) is 0 Å². The first-order chi connectivity index (χ1) is 7.56. The quantitative estimate of drug-likeness (QED) is 0.747. The molecule has 0 heterocycles. The molecule has 0 bridgehead atoms. The highest BCUT2D eigenvalue weighted by Gasteiger charge is 2.41. The average molecular weight is 246 g/mol. The molecule has 0 saturated heterocycles. The fraction of sp³-hybridized carbons (Fsp3) is 0.364. The van der Waals surface area contributed by atoms with Gasteiger partial charge in [0.25, 0.3) is 0 Å². The summed E-state index contributed by atoms with van der Waals surface area (Å²) < 4.78 is 30.6. The number of carbonyl (C=O) groups excluding carboxylic acids is 1. The lowest BCUT2D eigenvalue weighted by Crippen LogP contribution is -2.27. The van der Waals surface area contributed by atoms with Crippen LogP contribution in [0.5, 0.6) is 0 Å². The fourth-order valence-corrected chi connectivity index (χ4v) is 1.74. The number of rotatable bonds is 5. The molecule has 1 aromatic rings. The van der Waals surface area contributed by atoms with Crippen molar-refractivity contribution in [1.82, 2.24) is 0 Å². The van der Waals surface area contributed by atoms with E-state index < -0.39 is 11.2 Å². The van der Waals surface area contributed by atoms with Gasteiger partial charge in [-0.25, -0.2) is 4.79 Å². The molecule has 2 nitrogen and oxygen atoms in total. The number of hydrogen-bond donors (Lipinski definition) is 0. The lowest BCUT2D eigenvalue weighted by atomic mass is 10.2. The summed E-state index contributed by atoms with van der Waals surface area (Å²) in [4.78, 5) is 10.9. The standard InChI is InChI=1S/C11H12F2O2S/c1-2-15-10(14)11(12,13)16-8-9-6-4-3-5-7-9/h3-7H,2,8H2,1H3. The van der Waals surface area contributed by atoms with Crippen molar-refractivity contribution in [3.05, 3.63) is 35.9 Å². The maximum atomic E-state index is 13.2. The van der Waals surface area contributed by atoms with Crippen molar-refractivity contribution in [2.45, 2.75) is 17.9 Å². The Morgan fingerprint density at radius 2 is 2.00 bits per heavy atom. The number of alkyl halides is 2. The predicted molar refractivity (Wildman–Crippen MR) is 59.3 cm³/mol. The van der Waals surface area contributed by atoms with Crippen LogP contribution in [-0.2, 0) is 15.3 Å². The van der Waals surface area contributed by atoms with Crippen molar-refractivity contribution < 1.29 is 18.3 Å². The maximum Gasteiger partial charge on any atom is 0.389 e. The van der Waals surface area contributed by atoms with E-state index in [1.807, 2.05) is 0 Å². The van der Waals surface area contributed by atoms with Crippen LogP contribution in [0.3, 0.4) is 0 Å². The Balaban J connectivity index is 2.51. The van der Waals surface area contributed by atoms with Gasteiger partial charge < -0.3 is 4.74 Å². The van der Waals surface area contributed by atoms with Gasteiger partial charge in [0, 0.05) is 5.75 Å². The van der Waals surface area contributed by atoms with E-state index in [1.54, 1.807) is 30.3 Å². The average Bonchev–Trinajstić information content (AvgIpc) is 2.28. The summed E-state index contributed by atoms with van der Waals surface area (Å²) in [6.45, 7) is 1.45. The van der Waals surface area contributed by atoms with Gasteiger partial charge in [0.05, 0.1) is 6.61 Å². The number of esters is 1. The van der Waals surface area contributed by atoms with Crippen molar-refractivity contribution in [2.24, 2.45) is 0 Å². The van der Waals surface area contributed by atoms with Crippen molar-refractivity contribution in [3.8, 4) is 0 Å². The first kappa shape index (κ1) is 13.0. The summed E-state index contributed by atoms with van der Waals surface area (Å²) in [7, 11) is 0. The molecule has 0 N–H and O–H groups in total. The Hall–Kier alpha value is -1.10. The number of thioether (sulfide) groups is 1. The third kappa shape index (κ3) is 3.81. The van der Waals surface area contributed by atoms with E-state index >= 15 is 0 Å². The molecule has 88 valence electrons. The third-order valence-electron chi connectivity index (χ3n) is 1.78. The molecule has 5 heteroatoms. The molecule has 1 rings (SSSR count). The van der Waals surface area contributed by atoms with Crippen molar-refractivity contribution in [3.63, 3.8) is 0 Å². The Morgan fingerprint density at radius 3 is 2.56 bits per heavy atom. The van der Waals surface area contributed by atoms with Crippen LogP contribution in [-0.4, -0.2) is 17.8 Å². The lowest BCUT2D eigenvalue weighted by Gasteiger charge is -2.13. The Kier molecular flexibility index (Phi) is 4.73. The minimum atomic E-state index is -3.48. The third-order valence-corrected chi connectivity index (χ3v) is 2.78. The van der Waals surface area contributed by atoms with Crippen LogP contribution in [0.4, 0.5) is 8.78 Å². The van der Waals surface area contributed by atoms with Crippen molar-refractivity contribution in [2.75, 3.05) is 6.61 Å². The minimum Gasteiger partial charge on any atom is -0.461 e. The molecule has 0 saturated carbocycles. The first-order valence-corrected chi connectivity index (χ1v) is 5.77. The zero-order valence-corrected chi connectivity index (χ0v) is 9.60. The van der Waals surface area contributed by atoms with E-state index in [0.717, 1.165) is 5.56 Å². The number of hydrogen-bond acceptors (Lipinski definition) is 3. The first-order valence-electron chi connectivity index (χ1n) is 4.79. The van der Waals surface area contributed by atoms with E-state index in [1.165, 1.54) is 6.92 Å². The minimum absolute atomic E-state index is 0.0413. The molecule has 0 aliphatic carbocycles. The predicted octanol–water partition coefficient (Wildman–Crippen LogP) is 3.08. The second-order valence-electron chi connectivity index (χ2n) is 3.01. The van der Waals surface area contributed by atoms with Crippen LogP contribution in [0.15, 0.2) is 30.3 Å². The molecular formula is C11H12F2O2S. The summed E-state index contributed by atoms with van der Waals surface area (Å²) in [6.07, 6.45) is 0. The van der Waals surface area contributed by atoms with Gasteiger partial charge in [0.2, 0.25) is 0 Å². The summed E-state index contributed by atoms with van der Waals surface area (Å²) >= 11 is 0.272. The van der Waals surface area contributed by atoms with Gasteiger partial charge in [-0.1, -0.05) is 42.1 Å². The summed E-state index contributed by atoms with van der Waals surface area (Å²) in [5, 5.41) is -3.48. The monoisotopic (exact) mass is 246 g/mol. The van der Waals surface area contributed by atoms with Crippen LogP contribution in [0.2, 0.25) is 0 Å². The van der Waals surface area contributed by atoms with Gasteiger partial charge in [-0.2, -0.15) is 8.78 Å². The zero-order valence-electron chi connectivity index (χ0n) is 8.78. The molecule has 0 aromatic heterocycles. The highest BCUT2D eigenvalue weighted by atomic mass is 32.2. The summed E-state index contributed by atoms with van der Waals surface area (Å²) in [5.41, 5.74) is 0.747. The van der Waals surface area contributed by atoms with E-state index in [0.29, 0.717) is 0 Å². The van der Waals surface area contributed by atoms with Gasteiger partial charge in [-0.05, 0) is 12.5 Å². The van der Waals surface area contributed by atoms with Crippen molar-refractivity contribution >= 4 is 17.7 Å². The van der Waals surface area contributed by atoms with Gasteiger partial charge in [-0.3, -0.25) is 0 Å². The maximum absolute atomic E-state index is 13.2. The SMILES string of the molecule is CCOC(=O)C(F)(F)SCc1ccccc1. The number of benzene rings is 1. The Bertz CT molecular complexity index is 341. The molecule has 1 aromatic carbocycles. The van der Waals surface area contributed by atoms with Crippen LogP contribution in [0.1, 0.15) is 12.5 Å². The summed E-state index contributed by atoms with van der Waals surface area (Å²) in [6, 6.07) is 8.79. The van der Waals surface area contributed by atoms with E-state index in [4.69, 9.17) is 0 Å². The number of ether oxygens (including phenoxy) is 1. The molecule has 0 spiro atoms. The molecule has 0 amide bonds. The second-order valence-corrected chi connectivity index (χ2v) is 4.10. The molecule has 16 heavy (non-hydrogen) atoms. The molecule has 0 aliphatic heterocycles. The van der Waals surface area contributed by atoms with E-state index in [9.17, 15) is 13.6 Å². The second kappa shape index (κ2) is 5.84. The van der Waals surface area contributed by atoms with E-state index in [-0.39, 0.29) is 24.1 Å². The largest absolute Gasteiger partial charge is 0.461 e. The van der Waals surface area contributed by atoms with Crippen molar-refractivity contribution in [1.29, 1.82) is 0 Å². The fourth-order valence-electron chi connectivity index (χ4n) is 1.02. The molecule has 0 radical (unpaired) electrons. The highest BCUT2D eigenvalue weighted by Crippen LogP contribution is 2.33. The van der Waals surface area contributed by atoms with E-state index in [2.05, 4.69) is 4.74 Å². The van der Waals surface area contributed by atoms with Crippen LogP contribution < -0.4 is 0 Å². The molecule has 0 atom stereocenters. The Morgan fingerprint density at radius 1 is 1.38 bits per heavy atom. The van der Waals surface area contributed by atoms with Gasteiger partial charge in [0.1, 0.15) is 0 Å². The smallest absolute Gasteiger partial charge is 0.389 e. The molecular weight excluding hydrogens is 234 g/mol. The molecule has 0 aliphatic rings. The van der Waals surface area contributed by atoms with Crippen LogP contribution in [0, 0.1) is 0 Å². The van der Waals surface area contributed by atoms with Gasteiger partial charge in [-0.15, -0.1) is 0 Å². The molecule has 0 unspecified atom stereocenters. The number of halogens is 2. The van der Waals surface area contributed by atoms with Crippen LogP contribution in [0.25, 0.3) is 0 Å². The van der Waals surface area contributed by atoms with Gasteiger partial charge >= 0.3 is 11.2 Å². The molecule has 0 fully saturated rings. The number of carbonyl (C=O) groups is 1. The zero-order chi connectivity index (χ0) is 12.0.